The first-order valence-electron chi connectivity index (χ1n) is 6.96. The first kappa shape index (κ1) is 18.2. The molecule has 0 aromatic carbocycles. The second-order valence-electron chi connectivity index (χ2n) is 5.19. The standard InChI is InChI=1S/C13H24N4O2S2/c1-5-19-10(18)13(2,14)8-6-7-9-20-12-16-15-11(21-12)17(3)4/h5-9,14H2,1-4H3. The second kappa shape index (κ2) is 8.55. The first-order valence-corrected chi connectivity index (χ1v) is 8.76. The van der Waals surface area contributed by atoms with Gasteiger partial charge in [-0.05, 0) is 26.7 Å². The summed E-state index contributed by atoms with van der Waals surface area (Å²) in [6, 6.07) is 0. The van der Waals surface area contributed by atoms with E-state index in [2.05, 4.69) is 10.2 Å². The Morgan fingerprint density at radius 2 is 2.14 bits per heavy atom. The van der Waals surface area contributed by atoms with Gasteiger partial charge in [-0.15, -0.1) is 10.2 Å². The molecule has 0 aliphatic carbocycles. The van der Waals surface area contributed by atoms with Crippen molar-refractivity contribution in [3.63, 3.8) is 0 Å². The van der Waals surface area contributed by atoms with Crippen LogP contribution in [-0.4, -0.2) is 48.2 Å². The van der Waals surface area contributed by atoms with Crippen LogP contribution in [0.5, 0.6) is 0 Å². The van der Waals surface area contributed by atoms with Crippen molar-refractivity contribution in [2.45, 2.75) is 43.0 Å². The minimum absolute atomic E-state index is 0.322. The van der Waals surface area contributed by atoms with E-state index in [0.717, 1.165) is 28.1 Å². The number of hydrogen-bond donors (Lipinski definition) is 1. The van der Waals surface area contributed by atoms with Gasteiger partial charge in [0.15, 0.2) is 4.34 Å². The Hall–Kier alpha value is -0.860. The molecular weight excluding hydrogens is 308 g/mol. The predicted octanol–water partition coefficient (Wildman–Crippen LogP) is 2.15. The van der Waals surface area contributed by atoms with Crippen LogP contribution in [0.15, 0.2) is 4.34 Å². The van der Waals surface area contributed by atoms with E-state index in [-0.39, 0.29) is 5.97 Å². The van der Waals surface area contributed by atoms with E-state index in [1.54, 1.807) is 36.9 Å². The lowest BCUT2D eigenvalue weighted by atomic mass is 9.96. The number of aromatic nitrogens is 2. The van der Waals surface area contributed by atoms with Crippen LogP contribution in [0.25, 0.3) is 0 Å². The lowest BCUT2D eigenvalue weighted by Crippen LogP contribution is -2.46. The molecule has 0 amide bonds. The molecule has 0 aliphatic rings. The molecule has 1 aromatic heterocycles. The van der Waals surface area contributed by atoms with Crippen LogP contribution in [0.4, 0.5) is 5.13 Å². The zero-order valence-corrected chi connectivity index (χ0v) is 14.7. The number of unbranched alkanes of at least 4 members (excludes halogenated alkanes) is 1. The number of nitrogens with two attached hydrogens (primary N) is 1. The van der Waals surface area contributed by atoms with Gasteiger partial charge in [-0.3, -0.25) is 4.79 Å². The molecule has 0 bridgehead atoms. The van der Waals surface area contributed by atoms with Crippen molar-refractivity contribution in [1.29, 1.82) is 0 Å². The summed E-state index contributed by atoms with van der Waals surface area (Å²) in [7, 11) is 3.90. The normalized spacial score (nSPS) is 13.8. The van der Waals surface area contributed by atoms with Gasteiger partial charge in [0, 0.05) is 19.8 Å². The predicted molar refractivity (Wildman–Crippen MR) is 88.0 cm³/mol. The van der Waals surface area contributed by atoms with Crippen LogP contribution in [-0.2, 0) is 9.53 Å². The molecule has 21 heavy (non-hydrogen) atoms. The van der Waals surface area contributed by atoms with Crippen LogP contribution in [0.1, 0.15) is 33.1 Å². The van der Waals surface area contributed by atoms with Crippen molar-refractivity contribution in [3.05, 3.63) is 0 Å². The number of carbonyl (C=O) groups is 1. The number of carbonyl (C=O) groups excluding carboxylic acids is 1. The molecule has 1 atom stereocenters. The number of rotatable bonds is 9. The van der Waals surface area contributed by atoms with Gasteiger partial charge in [-0.2, -0.15) is 0 Å². The van der Waals surface area contributed by atoms with Gasteiger partial charge in [0.2, 0.25) is 5.13 Å². The molecule has 1 heterocycles. The number of ether oxygens (including phenoxy) is 1. The molecule has 0 saturated heterocycles. The lowest BCUT2D eigenvalue weighted by Gasteiger charge is -2.21. The van der Waals surface area contributed by atoms with Gasteiger partial charge < -0.3 is 15.4 Å². The molecule has 120 valence electrons. The Morgan fingerprint density at radius 1 is 1.43 bits per heavy atom. The average molecular weight is 332 g/mol. The fraction of sp³-hybridized carbons (Fsp3) is 0.769. The minimum atomic E-state index is -0.887. The third-order valence-electron chi connectivity index (χ3n) is 2.84. The number of hydrogen-bond acceptors (Lipinski definition) is 8. The van der Waals surface area contributed by atoms with Crippen LogP contribution in [0.2, 0.25) is 0 Å². The van der Waals surface area contributed by atoms with Crippen LogP contribution in [0, 0.1) is 0 Å². The average Bonchev–Trinajstić information content (AvgIpc) is 2.87. The maximum atomic E-state index is 11.6. The van der Waals surface area contributed by atoms with Crippen LogP contribution >= 0.6 is 23.1 Å². The van der Waals surface area contributed by atoms with E-state index >= 15 is 0 Å². The summed E-state index contributed by atoms with van der Waals surface area (Å²) in [5.41, 5.74) is 5.08. The maximum absolute atomic E-state index is 11.6. The number of nitrogens with zero attached hydrogens (tertiary/aromatic N) is 3. The summed E-state index contributed by atoms with van der Waals surface area (Å²) in [5, 5.41) is 9.13. The highest BCUT2D eigenvalue weighted by Gasteiger charge is 2.28. The molecule has 1 rings (SSSR count). The van der Waals surface area contributed by atoms with Crippen molar-refractivity contribution in [2.75, 3.05) is 31.4 Å². The minimum Gasteiger partial charge on any atom is -0.465 e. The molecule has 8 heteroatoms. The van der Waals surface area contributed by atoms with E-state index < -0.39 is 5.54 Å². The largest absolute Gasteiger partial charge is 0.465 e. The van der Waals surface area contributed by atoms with E-state index in [1.165, 1.54) is 0 Å². The molecular formula is C13H24N4O2S2. The monoisotopic (exact) mass is 332 g/mol. The molecule has 1 unspecified atom stereocenters. The van der Waals surface area contributed by atoms with Gasteiger partial charge in [0.05, 0.1) is 6.61 Å². The zero-order chi connectivity index (χ0) is 15.9. The van der Waals surface area contributed by atoms with Crippen molar-refractivity contribution < 1.29 is 9.53 Å². The van der Waals surface area contributed by atoms with Crippen molar-refractivity contribution >= 4 is 34.2 Å². The smallest absolute Gasteiger partial charge is 0.325 e. The molecule has 0 saturated carbocycles. The van der Waals surface area contributed by atoms with Crippen molar-refractivity contribution in [2.24, 2.45) is 5.73 Å². The molecule has 0 aliphatic heterocycles. The number of anilines is 1. The maximum Gasteiger partial charge on any atom is 0.325 e. The SMILES string of the molecule is CCOC(=O)C(C)(N)CCCCSc1nnc(N(C)C)s1. The quantitative estimate of drug-likeness (QED) is 0.421. The number of thioether (sulfide) groups is 1. The summed E-state index contributed by atoms with van der Waals surface area (Å²) in [6.07, 6.45) is 2.50. The van der Waals surface area contributed by atoms with Crippen molar-refractivity contribution in [1.82, 2.24) is 10.2 Å². The summed E-state index contributed by atoms with van der Waals surface area (Å²) >= 11 is 3.27. The summed E-state index contributed by atoms with van der Waals surface area (Å²) in [6.45, 7) is 3.88. The molecule has 6 nitrogen and oxygen atoms in total. The Bertz CT molecular complexity index is 449. The highest BCUT2D eigenvalue weighted by Crippen LogP contribution is 2.27. The van der Waals surface area contributed by atoms with Gasteiger partial charge in [-0.1, -0.05) is 29.5 Å². The summed E-state index contributed by atoms with van der Waals surface area (Å²) in [5.74, 6) is 0.624. The van der Waals surface area contributed by atoms with E-state index in [4.69, 9.17) is 10.5 Å². The first-order chi connectivity index (χ1) is 9.86. The van der Waals surface area contributed by atoms with Gasteiger partial charge >= 0.3 is 5.97 Å². The zero-order valence-electron chi connectivity index (χ0n) is 13.1. The molecule has 0 radical (unpaired) electrons. The highest BCUT2D eigenvalue weighted by atomic mass is 32.2. The van der Waals surface area contributed by atoms with E-state index in [0.29, 0.717) is 13.0 Å². The second-order valence-corrected chi connectivity index (χ2v) is 7.49. The highest BCUT2D eigenvalue weighted by molar-refractivity contribution is 8.01. The lowest BCUT2D eigenvalue weighted by molar-refractivity contribution is -0.149. The summed E-state index contributed by atoms with van der Waals surface area (Å²) < 4.78 is 5.94. The van der Waals surface area contributed by atoms with E-state index in [9.17, 15) is 4.79 Å². The van der Waals surface area contributed by atoms with Crippen LogP contribution < -0.4 is 10.6 Å². The van der Waals surface area contributed by atoms with E-state index in [1.807, 2.05) is 19.0 Å². The number of esters is 1. The molecule has 0 spiro atoms. The van der Waals surface area contributed by atoms with Gasteiger partial charge in [0.25, 0.3) is 0 Å². The third kappa shape index (κ3) is 6.19. The molecule has 1 aromatic rings. The Labute approximate surface area is 134 Å². The fourth-order valence-corrected chi connectivity index (χ4v) is 3.43. The summed E-state index contributed by atoms with van der Waals surface area (Å²) in [4.78, 5) is 13.6. The fourth-order valence-electron chi connectivity index (χ4n) is 1.59. The Balaban J connectivity index is 2.23. The van der Waals surface area contributed by atoms with Crippen LogP contribution in [0.3, 0.4) is 0 Å². The van der Waals surface area contributed by atoms with Gasteiger partial charge in [0.1, 0.15) is 5.54 Å². The third-order valence-corrected chi connectivity index (χ3v) is 5.15. The van der Waals surface area contributed by atoms with Crippen molar-refractivity contribution in [3.8, 4) is 0 Å². The topological polar surface area (TPSA) is 81.3 Å². The molecule has 2 N–H and O–H groups in total. The Kier molecular flexibility index (Phi) is 7.41. The molecule has 0 fully saturated rings. The van der Waals surface area contributed by atoms with Gasteiger partial charge in [-0.25, -0.2) is 0 Å². The Morgan fingerprint density at radius 3 is 2.71 bits per heavy atom.